The third-order valence-corrected chi connectivity index (χ3v) is 6.08. The lowest BCUT2D eigenvalue weighted by Gasteiger charge is -2.17. The summed E-state index contributed by atoms with van der Waals surface area (Å²) in [4.78, 5) is 14.4. The Bertz CT molecular complexity index is 1170. The van der Waals surface area contributed by atoms with Crippen LogP contribution in [0.3, 0.4) is 0 Å². The van der Waals surface area contributed by atoms with Crippen LogP contribution >= 0.6 is 12.2 Å². The van der Waals surface area contributed by atoms with Gasteiger partial charge in [-0.25, -0.2) is 13.9 Å². The Labute approximate surface area is 201 Å². The maximum Gasteiger partial charge on any atom is 0.414 e. The van der Waals surface area contributed by atoms with Gasteiger partial charge in [-0.1, -0.05) is 29.6 Å². The van der Waals surface area contributed by atoms with Crippen molar-refractivity contribution in [1.29, 1.82) is 0 Å². The molecule has 1 saturated heterocycles. The van der Waals surface area contributed by atoms with Gasteiger partial charge in [-0.2, -0.15) is 0 Å². The first-order chi connectivity index (χ1) is 16.5. The molecule has 1 atom stereocenters. The number of para-hydroxylation sites is 1. The number of benzene rings is 2. The van der Waals surface area contributed by atoms with E-state index in [2.05, 4.69) is 15.6 Å². The predicted molar refractivity (Wildman–Crippen MR) is 129 cm³/mol. The molecule has 34 heavy (non-hydrogen) atoms. The molecular weight excluding hydrogens is 461 g/mol. The van der Waals surface area contributed by atoms with Gasteiger partial charge in [0.05, 0.1) is 29.3 Å². The van der Waals surface area contributed by atoms with E-state index in [1.54, 1.807) is 24.3 Å². The second kappa shape index (κ2) is 10.9. The summed E-state index contributed by atoms with van der Waals surface area (Å²) in [5.41, 5.74) is 1.94. The molecular formula is C23H26FN5O4S. The average molecular weight is 488 g/mol. The number of aromatic nitrogens is 3. The summed E-state index contributed by atoms with van der Waals surface area (Å²) in [5, 5.41) is 29.5. The van der Waals surface area contributed by atoms with Crippen LogP contribution in [0, 0.1) is 11.7 Å². The molecule has 1 aliphatic heterocycles. The molecule has 1 aromatic heterocycles. The number of amides is 1. The number of hydrogen-bond acceptors (Lipinski definition) is 7. The summed E-state index contributed by atoms with van der Waals surface area (Å²) >= 11 is 5.36. The fourth-order valence-corrected chi connectivity index (χ4v) is 4.32. The molecule has 0 unspecified atom stereocenters. The van der Waals surface area contributed by atoms with Crippen LogP contribution in [-0.2, 0) is 4.74 Å². The molecule has 4 rings (SSSR count). The summed E-state index contributed by atoms with van der Waals surface area (Å²) in [6.07, 6.45) is 0.627. The maximum absolute atomic E-state index is 15.0. The van der Waals surface area contributed by atoms with Gasteiger partial charge in [0, 0.05) is 19.6 Å². The number of hydrogen-bond donors (Lipinski definition) is 3. The van der Waals surface area contributed by atoms with Gasteiger partial charge in [0.25, 0.3) is 0 Å². The van der Waals surface area contributed by atoms with E-state index in [0.717, 1.165) is 0 Å². The number of cyclic esters (lactones) is 1. The highest BCUT2D eigenvalue weighted by Crippen LogP contribution is 2.26. The molecule has 0 spiro atoms. The molecule has 1 aliphatic rings. The number of halogens is 1. The van der Waals surface area contributed by atoms with E-state index >= 15 is 0 Å². The van der Waals surface area contributed by atoms with E-state index in [9.17, 15) is 9.18 Å². The third-order valence-electron chi connectivity index (χ3n) is 5.77. The second-order valence-corrected chi connectivity index (χ2v) is 8.63. The van der Waals surface area contributed by atoms with Gasteiger partial charge in [0.2, 0.25) is 0 Å². The van der Waals surface area contributed by atoms with Crippen molar-refractivity contribution in [3.8, 4) is 5.69 Å². The van der Waals surface area contributed by atoms with Gasteiger partial charge in [-0.05, 0) is 49.1 Å². The first-order valence-corrected chi connectivity index (χ1v) is 11.5. The normalized spacial score (nSPS) is 15.8. The molecule has 11 heteroatoms. The summed E-state index contributed by atoms with van der Waals surface area (Å²) in [5.74, 6) is -0.455. The Hall–Kier alpha value is -3.15. The average Bonchev–Trinajstić information content (AvgIpc) is 3.41. The minimum Gasteiger partial charge on any atom is -0.442 e. The van der Waals surface area contributed by atoms with Crippen molar-refractivity contribution in [3.63, 3.8) is 0 Å². The molecule has 0 bridgehead atoms. The van der Waals surface area contributed by atoms with Crippen molar-refractivity contribution in [2.24, 2.45) is 5.92 Å². The zero-order chi connectivity index (χ0) is 24.1. The van der Waals surface area contributed by atoms with Crippen LogP contribution in [0.4, 0.5) is 14.9 Å². The van der Waals surface area contributed by atoms with Gasteiger partial charge < -0.3 is 20.3 Å². The highest BCUT2D eigenvalue weighted by molar-refractivity contribution is 7.80. The molecule has 2 heterocycles. The van der Waals surface area contributed by atoms with E-state index in [-0.39, 0.29) is 31.4 Å². The van der Waals surface area contributed by atoms with Crippen molar-refractivity contribution in [2.75, 3.05) is 31.2 Å². The van der Waals surface area contributed by atoms with E-state index in [1.165, 1.54) is 15.6 Å². The number of fused-ring (bicyclic) bond motifs is 1. The van der Waals surface area contributed by atoms with Crippen molar-refractivity contribution in [1.82, 2.24) is 20.3 Å². The SMILES string of the molecule is O=C1O[C@@H](CNC(=S)CC(CCO)CCO)CN1c1ccc(-n2nnc3ccccc32)c(F)c1. The van der Waals surface area contributed by atoms with Crippen molar-refractivity contribution < 1.29 is 24.1 Å². The summed E-state index contributed by atoms with van der Waals surface area (Å²) in [6, 6.07) is 11.7. The fraction of sp³-hybridized carbons (Fsp3) is 0.391. The number of anilines is 1. The molecule has 1 fully saturated rings. The molecule has 0 radical (unpaired) electrons. The molecule has 3 N–H and O–H groups in total. The fourth-order valence-electron chi connectivity index (χ4n) is 4.00. The largest absolute Gasteiger partial charge is 0.442 e. The van der Waals surface area contributed by atoms with E-state index < -0.39 is 18.0 Å². The van der Waals surface area contributed by atoms with Gasteiger partial charge in [0.15, 0.2) is 5.82 Å². The second-order valence-electron chi connectivity index (χ2n) is 8.14. The smallest absolute Gasteiger partial charge is 0.414 e. The van der Waals surface area contributed by atoms with Crippen LogP contribution in [0.15, 0.2) is 42.5 Å². The Morgan fingerprint density at radius 3 is 2.74 bits per heavy atom. The molecule has 0 aliphatic carbocycles. The Morgan fingerprint density at radius 2 is 2.00 bits per heavy atom. The zero-order valence-corrected chi connectivity index (χ0v) is 19.2. The molecule has 180 valence electrons. The summed E-state index contributed by atoms with van der Waals surface area (Å²) in [7, 11) is 0. The third kappa shape index (κ3) is 5.32. The lowest BCUT2D eigenvalue weighted by atomic mass is 9.98. The first-order valence-electron chi connectivity index (χ1n) is 11.1. The van der Waals surface area contributed by atoms with Gasteiger partial charge >= 0.3 is 6.09 Å². The number of aliphatic hydroxyl groups is 2. The first kappa shape index (κ1) is 24.0. The zero-order valence-electron chi connectivity index (χ0n) is 18.4. The number of nitrogens with zero attached hydrogens (tertiary/aromatic N) is 4. The highest BCUT2D eigenvalue weighted by atomic mass is 32.1. The molecule has 1 amide bonds. The van der Waals surface area contributed by atoms with Crippen LogP contribution in [-0.4, -0.2) is 68.7 Å². The number of ether oxygens (including phenoxy) is 1. The van der Waals surface area contributed by atoms with Gasteiger partial charge in [0.1, 0.15) is 17.3 Å². The summed E-state index contributed by atoms with van der Waals surface area (Å²) in [6.45, 7) is 0.629. The number of nitrogens with one attached hydrogen (secondary N) is 1. The van der Waals surface area contributed by atoms with Gasteiger partial charge in [-0.15, -0.1) is 5.10 Å². The highest BCUT2D eigenvalue weighted by Gasteiger charge is 2.33. The van der Waals surface area contributed by atoms with Crippen LogP contribution in [0.25, 0.3) is 16.7 Å². The minimum atomic E-state index is -0.561. The number of rotatable bonds is 10. The number of carbonyl (C=O) groups excluding carboxylic acids is 1. The molecule has 3 aromatic rings. The quantitative estimate of drug-likeness (QED) is 0.374. The monoisotopic (exact) mass is 487 g/mol. The van der Waals surface area contributed by atoms with Crippen LogP contribution < -0.4 is 10.2 Å². The van der Waals surface area contributed by atoms with Crippen LogP contribution in [0.1, 0.15) is 19.3 Å². The standard InChI is InChI=1S/C23H26FN5O4S/c24-18-12-16(5-6-20(18)29-21-4-2-1-3-19(21)26-27-29)28-14-17(33-23(28)32)13-25-22(34)11-15(7-9-30)8-10-31/h1-6,12,15,17,30-31H,7-11,13-14H2,(H,25,34)/t17-/m0/s1. The van der Waals surface area contributed by atoms with Gasteiger partial charge in [-0.3, -0.25) is 4.90 Å². The molecule has 0 saturated carbocycles. The number of carbonyl (C=O) groups is 1. The Kier molecular flexibility index (Phi) is 7.66. The number of aliphatic hydroxyl groups excluding tert-OH is 2. The van der Waals surface area contributed by atoms with Crippen LogP contribution in [0.2, 0.25) is 0 Å². The molecule has 2 aromatic carbocycles. The van der Waals surface area contributed by atoms with Crippen molar-refractivity contribution in [3.05, 3.63) is 48.3 Å². The lowest BCUT2D eigenvalue weighted by Crippen LogP contribution is -2.34. The molecule has 9 nitrogen and oxygen atoms in total. The summed E-state index contributed by atoms with van der Waals surface area (Å²) < 4.78 is 21.8. The Morgan fingerprint density at radius 1 is 1.24 bits per heavy atom. The van der Waals surface area contributed by atoms with E-state index in [1.807, 2.05) is 12.1 Å². The van der Waals surface area contributed by atoms with Crippen LogP contribution in [0.5, 0.6) is 0 Å². The van der Waals surface area contributed by atoms with Crippen molar-refractivity contribution >= 4 is 40.0 Å². The minimum absolute atomic E-state index is 0.0327. The van der Waals surface area contributed by atoms with Crippen molar-refractivity contribution in [2.45, 2.75) is 25.4 Å². The maximum atomic E-state index is 15.0. The number of thiocarbonyl (C=S) groups is 1. The van der Waals surface area contributed by atoms with E-state index in [0.29, 0.717) is 47.5 Å². The van der Waals surface area contributed by atoms with E-state index in [4.69, 9.17) is 27.2 Å². The lowest BCUT2D eigenvalue weighted by molar-refractivity contribution is 0.142. The predicted octanol–water partition coefficient (Wildman–Crippen LogP) is 2.57. The Balaban J connectivity index is 1.38. The topological polar surface area (TPSA) is 113 Å².